The molecule has 1 aromatic carbocycles. The third-order valence-corrected chi connectivity index (χ3v) is 4.07. The molecule has 0 spiro atoms. The minimum absolute atomic E-state index is 0.261. The van der Waals surface area contributed by atoms with Crippen molar-refractivity contribution in [1.29, 1.82) is 0 Å². The van der Waals surface area contributed by atoms with Crippen LogP contribution in [-0.4, -0.2) is 37.5 Å². The van der Waals surface area contributed by atoms with E-state index in [1.807, 2.05) is 11.9 Å². The van der Waals surface area contributed by atoms with Gasteiger partial charge in [-0.2, -0.15) is 0 Å². The van der Waals surface area contributed by atoms with Crippen LogP contribution in [0.3, 0.4) is 0 Å². The number of benzene rings is 1. The van der Waals surface area contributed by atoms with Gasteiger partial charge in [0.15, 0.2) is 0 Å². The van der Waals surface area contributed by atoms with Crippen molar-refractivity contribution in [3.05, 3.63) is 35.4 Å². The average Bonchev–Trinajstić information content (AvgIpc) is 2.46. The van der Waals surface area contributed by atoms with Gasteiger partial charge in [0.05, 0.1) is 0 Å². The van der Waals surface area contributed by atoms with E-state index < -0.39 is 0 Å². The molecule has 1 N–H and O–H groups in total. The van der Waals surface area contributed by atoms with Gasteiger partial charge in [0.2, 0.25) is 5.91 Å². The Hall–Kier alpha value is -1.35. The molecule has 1 aliphatic rings. The zero-order valence-corrected chi connectivity index (χ0v) is 12.7. The fourth-order valence-electron chi connectivity index (χ4n) is 2.88. The van der Waals surface area contributed by atoms with Crippen LogP contribution in [0.4, 0.5) is 0 Å². The predicted octanol–water partition coefficient (Wildman–Crippen LogP) is 2.39. The summed E-state index contributed by atoms with van der Waals surface area (Å²) in [6.45, 7) is 5.16. The van der Waals surface area contributed by atoms with Crippen LogP contribution in [-0.2, 0) is 11.2 Å². The Bertz CT molecular complexity index is 438. The minimum atomic E-state index is 0.261. The van der Waals surface area contributed by atoms with E-state index in [-0.39, 0.29) is 5.91 Å². The molecule has 0 radical (unpaired) electrons. The zero-order chi connectivity index (χ0) is 14.4. The normalized spacial score (nSPS) is 18.8. The van der Waals surface area contributed by atoms with Gasteiger partial charge in [-0.15, -0.1) is 0 Å². The highest BCUT2D eigenvalue weighted by Crippen LogP contribution is 2.12. The van der Waals surface area contributed by atoms with E-state index in [4.69, 9.17) is 0 Å². The summed E-state index contributed by atoms with van der Waals surface area (Å²) in [6.07, 6.45) is 3.92. The van der Waals surface area contributed by atoms with Gasteiger partial charge in [-0.05, 0) is 50.8 Å². The first kappa shape index (κ1) is 15.0. The lowest BCUT2D eigenvalue weighted by atomic mass is 9.99. The number of nitrogens with zero attached hydrogens (tertiary/aromatic N) is 1. The summed E-state index contributed by atoms with van der Waals surface area (Å²) in [7, 11) is 1.94. The molecule has 1 heterocycles. The number of carbonyl (C=O) groups excluding carboxylic acids is 1. The largest absolute Gasteiger partial charge is 0.345 e. The Morgan fingerprint density at radius 2 is 2.30 bits per heavy atom. The van der Waals surface area contributed by atoms with E-state index in [0.29, 0.717) is 12.3 Å². The van der Waals surface area contributed by atoms with Gasteiger partial charge in [-0.1, -0.05) is 29.8 Å². The maximum Gasteiger partial charge on any atom is 0.222 e. The SMILES string of the molecule is Cc1cccc(CCC(=O)N(C)CC2CCCNC2)c1. The first-order chi connectivity index (χ1) is 9.65. The van der Waals surface area contributed by atoms with Gasteiger partial charge in [0, 0.05) is 20.0 Å². The van der Waals surface area contributed by atoms with Crippen LogP contribution in [0.5, 0.6) is 0 Å². The third kappa shape index (κ3) is 4.64. The van der Waals surface area contributed by atoms with E-state index in [9.17, 15) is 4.79 Å². The lowest BCUT2D eigenvalue weighted by Crippen LogP contribution is -2.39. The molecular formula is C17H26N2O. The van der Waals surface area contributed by atoms with Gasteiger partial charge in [-0.25, -0.2) is 0 Å². The Morgan fingerprint density at radius 3 is 3.00 bits per heavy atom. The molecule has 1 aromatic rings. The highest BCUT2D eigenvalue weighted by molar-refractivity contribution is 5.76. The monoisotopic (exact) mass is 274 g/mol. The van der Waals surface area contributed by atoms with E-state index >= 15 is 0 Å². The minimum Gasteiger partial charge on any atom is -0.345 e. The molecule has 2 rings (SSSR count). The molecule has 1 fully saturated rings. The van der Waals surface area contributed by atoms with Crippen LogP contribution < -0.4 is 5.32 Å². The van der Waals surface area contributed by atoms with Crippen LogP contribution >= 0.6 is 0 Å². The molecule has 1 saturated heterocycles. The van der Waals surface area contributed by atoms with Crippen molar-refractivity contribution >= 4 is 5.91 Å². The summed E-state index contributed by atoms with van der Waals surface area (Å²) in [5.41, 5.74) is 2.52. The molecule has 1 amide bonds. The first-order valence-corrected chi connectivity index (χ1v) is 7.65. The molecular weight excluding hydrogens is 248 g/mol. The molecule has 3 nitrogen and oxygen atoms in total. The number of carbonyl (C=O) groups is 1. The zero-order valence-electron chi connectivity index (χ0n) is 12.7. The Morgan fingerprint density at radius 1 is 1.45 bits per heavy atom. The van der Waals surface area contributed by atoms with Gasteiger partial charge in [0.25, 0.3) is 0 Å². The summed E-state index contributed by atoms with van der Waals surface area (Å²) in [5, 5.41) is 3.41. The number of nitrogens with one attached hydrogen (secondary N) is 1. The molecule has 1 atom stereocenters. The van der Waals surface area contributed by atoms with Crippen molar-refractivity contribution in [2.24, 2.45) is 5.92 Å². The molecule has 3 heteroatoms. The third-order valence-electron chi connectivity index (χ3n) is 4.07. The maximum atomic E-state index is 12.2. The molecule has 0 aromatic heterocycles. The van der Waals surface area contributed by atoms with Crippen molar-refractivity contribution in [3.63, 3.8) is 0 Å². The average molecular weight is 274 g/mol. The standard InChI is InChI=1S/C17H26N2O/c1-14-5-3-6-15(11-14)8-9-17(20)19(2)13-16-7-4-10-18-12-16/h3,5-6,11,16,18H,4,7-10,12-13H2,1-2H3. The van der Waals surface area contributed by atoms with E-state index in [1.165, 1.54) is 24.0 Å². The number of aryl methyl sites for hydroxylation is 2. The van der Waals surface area contributed by atoms with Crippen LogP contribution in [0.25, 0.3) is 0 Å². The van der Waals surface area contributed by atoms with Crippen molar-refractivity contribution in [3.8, 4) is 0 Å². The second-order valence-electron chi connectivity index (χ2n) is 5.98. The molecule has 1 unspecified atom stereocenters. The summed E-state index contributed by atoms with van der Waals surface area (Å²) in [6, 6.07) is 8.42. The summed E-state index contributed by atoms with van der Waals surface area (Å²) >= 11 is 0. The second-order valence-corrected chi connectivity index (χ2v) is 5.98. The van der Waals surface area contributed by atoms with Crippen molar-refractivity contribution in [1.82, 2.24) is 10.2 Å². The Labute approximate surface area is 122 Å². The van der Waals surface area contributed by atoms with Crippen molar-refractivity contribution < 1.29 is 4.79 Å². The second kappa shape index (κ2) is 7.44. The lowest BCUT2D eigenvalue weighted by molar-refractivity contribution is -0.130. The summed E-state index contributed by atoms with van der Waals surface area (Å²) in [4.78, 5) is 14.1. The first-order valence-electron chi connectivity index (χ1n) is 7.65. The van der Waals surface area contributed by atoms with Gasteiger partial charge < -0.3 is 10.2 Å². The van der Waals surface area contributed by atoms with Crippen molar-refractivity contribution in [2.75, 3.05) is 26.7 Å². The van der Waals surface area contributed by atoms with E-state index in [2.05, 4.69) is 36.5 Å². The van der Waals surface area contributed by atoms with Crippen LogP contribution in [0.15, 0.2) is 24.3 Å². The number of hydrogen-bond donors (Lipinski definition) is 1. The van der Waals surface area contributed by atoms with Crippen LogP contribution in [0.2, 0.25) is 0 Å². The van der Waals surface area contributed by atoms with Crippen LogP contribution in [0, 0.1) is 12.8 Å². The highest BCUT2D eigenvalue weighted by atomic mass is 16.2. The number of hydrogen-bond acceptors (Lipinski definition) is 2. The van der Waals surface area contributed by atoms with Crippen LogP contribution in [0.1, 0.15) is 30.4 Å². The van der Waals surface area contributed by atoms with E-state index in [1.54, 1.807) is 0 Å². The molecule has 1 aliphatic heterocycles. The number of rotatable bonds is 5. The molecule has 0 aliphatic carbocycles. The lowest BCUT2D eigenvalue weighted by Gasteiger charge is -2.27. The quantitative estimate of drug-likeness (QED) is 0.894. The molecule has 20 heavy (non-hydrogen) atoms. The maximum absolute atomic E-state index is 12.2. The Balaban J connectivity index is 1.76. The van der Waals surface area contributed by atoms with E-state index in [0.717, 1.165) is 26.1 Å². The Kier molecular flexibility index (Phi) is 5.60. The fourth-order valence-corrected chi connectivity index (χ4v) is 2.88. The summed E-state index contributed by atoms with van der Waals surface area (Å²) in [5.74, 6) is 0.883. The predicted molar refractivity (Wildman–Crippen MR) is 82.7 cm³/mol. The van der Waals surface area contributed by atoms with Gasteiger partial charge in [-0.3, -0.25) is 4.79 Å². The molecule has 110 valence electrons. The van der Waals surface area contributed by atoms with Crippen molar-refractivity contribution in [2.45, 2.75) is 32.6 Å². The molecule has 0 bridgehead atoms. The highest BCUT2D eigenvalue weighted by Gasteiger charge is 2.17. The van der Waals surface area contributed by atoms with Gasteiger partial charge in [0.1, 0.15) is 0 Å². The van der Waals surface area contributed by atoms with Gasteiger partial charge >= 0.3 is 0 Å². The topological polar surface area (TPSA) is 32.3 Å². The smallest absolute Gasteiger partial charge is 0.222 e. The fraction of sp³-hybridized carbons (Fsp3) is 0.588. The molecule has 0 saturated carbocycles. The summed E-state index contributed by atoms with van der Waals surface area (Å²) < 4.78 is 0. The number of amides is 1. The number of piperidine rings is 1.